The van der Waals surface area contributed by atoms with Crippen molar-refractivity contribution >= 4 is 49.4 Å². The highest BCUT2D eigenvalue weighted by atomic mass is 15.1. The monoisotopic (exact) mass is 775 g/mol. The van der Waals surface area contributed by atoms with Gasteiger partial charge in [0, 0.05) is 17.1 Å². The van der Waals surface area contributed by atoms with Gasteiger partial charge < -0.3 is 4.90 Å². The van der Waals surface area contributed by atoms with Crippen LogP contribution < -0.4 is 4.90 Å². The molecule has 0 saturated heterocycles. The minimum atomic E-state index is 1.09. The van der Waals surface area contributed by atoms with Gasteiger partial charge in [-0.25, -0.2) is 0 Å². The van der Waals surface area contributed by atoms with Crippen LogP contribution in [0.4, 0.5) is 17.1 Å². The van der Waals surface area contributed by atoms with Gasteiger partial charge in [0.15, 0.2) is 0 Å². The average Bonchev–Trinajstić information content (AvgIpc) is 3.34. The van der Waals surface area contributed by atoms with Crippen LogP contribution in [-0.2, 0) is 0 Å². The van der Waals surface area contributed by atoms with Crippen molar-refractivity contribution in [2.24, 2.45) is 0 Å². The zero-order valence-electron chi connectivity index (χ0n) is 33.6. The largest absolute Gasteiger partial charge is 0.310 e. The predicted molar refractivity (Wildman–Crippen MR) is 261 cm³/mol. The molecule has 1 heteroatoms. The zero-order chi connectivity index (χ0) is 40.5. The molecule has 61 heavy (non-hydrogen) atoms. The third-order valence-electron chi connectivity index (χ3n) is 12.0. The molecule has 0 bridgehead atoms. The minimum absolute atomic E-state index is 1.09. The third kappa shape index (κ3) is 6.93. The summed E-state index contributed by atoms with van der Waals surface area (Å²) in [6.07, 6.45) is 0. The number of benzene rings is 11. The van der Waals surface area contributed by atoms with Crippen molar-refractivity contribution in [3.05, 3.63) is 249 Å². The zero-order valence-corrected chi connectivity index (χ0v) is 33.6. The smallest absolute Gasteiger partial charge is 0.0468 e. The molecule has 11 aromatic rings. The molecule has 0 aromatic heterocycles. The number of nitrogens with zero attached hydrogens (tertiary/aromatic N) is 1. The third-order valence-corrected chi connectivity index (χ3v) is 12.0. The topological polar surface area (TPSA) is 3.24 Å². The number of rotatable bonds is 8. The van der Waals surface area contributed by atoms with Crippen molar-refractivity contribution in [3.63, 3.8) is 0 Å². The molecule has 11 rings (SSSR count). The van der Waals surface area contributed by atoms with Crippen molar-refractivity contribution in [2.45, 2.75) is 0 Å². The maximum atomic E-state index is 2.40. The first-order chi connectivity index (χ1) is 30.2. The Morgan fingerprint density at radius 1 is 0.213 bits per heavy atom. The number of anilines is 3. The number of hydrogen-bond acceptors (Lipinski definition) is 1. The summed E-state index contributed by atoms with van der Waals surface area (Å²) >= 11 is 0. The summed E-state index contributed by atoms with van der Waals surface area (Å²) in [5, 5.41) is 7.50. The molecule has 0 unspecified atom stereocenters. The first-order valence-corrected chi connectivity index (χ1v) is 21.0. The fourth-order valence-corrected chi connectivity index (χ4v) is 9.00. The van der Waals surface area contributed by atoms with Crippen LogP contribution in [0.15, 0.2) is 249 Å². The van der Waals surface area contributed by atoms with Crippen molar-refractivity contribution in [3.8, 4) is 55.6 Å². The van der Waals surface area contributed by atoms with E-state index in [0.717, 1.165) is 22.6 Å². The Balaban J connectivity index is 1.07. The molecule has 11 aromatic carbocycles. The normalized spacial score (nSPS) is 11.3. The van der Waals surface area contributed by atoms with E-state index in [2.05, 4.69) is 254 Å². The number of fused-ring (bicyclic) bond motifs is 4. The fraction of sp³-hybridized carbons (Fsp3) is 0. The van der Waals surface area contributed by atoms with Gasteiger partial charge in [-0.1, -0.05) is 194 Å². The van der Waals surface area contributed by atoms with Gasteiger partial charge in [0.25, 0.3) is 0 Å². The molecule has 0 atom stereocenters. The molecule has 0 aliphatic heterocycles. The van der Waals surface area contributed by atoms with E-state index < -0.39 is 0 Å². The van der Waals surface area contributed by atoms with Crippen molar-refractivity contribution in [2.75, 3.05) is 4.90 Å². The van der Waals surface area contributed by atoms with Crippen LogP contribution in [0.25, 0.3) is 88.0 Å². The molecule has 0 fully saturated rings. The lowest BCUT2D eigenvalue weighted by Crippen LogP contribution is -2.10. The van der Waals surface area contributed by atoms with E-state index in [1.165, 1.54) is 82.4 Å². The lowest BCUT2D eigenvalue weighted by molar-refractivity contribution is 1.29. The van der Waals surface area contributed by atoms with Gasteiger partial charge in [-0.15, -0.1) is 0 Å². The Bertz CT molecular complexity index is 3270. The average molecular weight is 776 g/mol. The molecular formula is C60H41N. The Morgan fingerprint density at radius 3 is 1.41 bits per heavy atom. The van der Waals surface area contributed by atoms with Crippen LogP contribution >= 0.6 is 0 Å². The van der Waals surface area contributed by atoms with E-state index in [0.29, 0.717) is 0 Å². The second-order valence-electron chi connectivity index (χ2n) is 15.7. The fourth-order valence-electron chi connectivity index (χ4n) is 9.00. The van der Waals surface area contributed by atoms with Crippen LogP contribution in [0.1, 0.15) is 0 Å². The van der Waals surface area contributed by atoms with E-state index >= 15 is 0 Å². The standard InChI is InChI=1S/C60H41N/c1-4-15-42(16-5-1)52-40-58(45-18-6-2-7-19-45)60(59(41-52)46-20-8-3-9-21-46)51-24-14-25-54(39-51)61(55-35-31-43-17-10-11-23-48(43)38-55)53-33-29-44(30-34-53)49-32-36-57-50(37-49)28-27-47-22-12-13-26-56(47)57/h1-41H. The predicted octanol–water partition coefficient (Wildman–Crippen LogP) is 17.0. The highest BCUT2D eigenvalue weighted by Crippen LogP contribution is 2.46. The summed E-state index contributed by atoms with van der Waals surface area (Å²) < 4.78 is 0. The molecule has 0 spiro atoms. The summed E-state index contributed by atoms with van der Waals surface area (Å²) in [5.41, 5.74) is 15.2. The Morgan fingerprint density at radius 2 is 0.705 bits per heavy atom. The molecule has 0 N–H and O–H groups in total. The maximum absolute atomic E-state index is 2.40. The second-order valence-corrected chi connectivity index (χ2v) is 15.7. The van der Waals surface area contributed by atoms with Gasteiger partial charge in [0.05, 0.1) is 0 Å². The van der Waals surface area contributed by atoms with Crippen LogP contribution in [0, 0.1) is 0 Å². The van der Waals surface area contributed by atoms with Gasteiger partial charge in [0.2, 0.25) is 0 Å². The highest BCUT2D eigenvalue weighted by molar-refractivity contribution is 6.08. The van der Waals surface area contributed by atoms with Crippen molar-refractivity contribution in [1.29, 1.82) is 0 Å². The van der Waals surface area contributed by atoms with E-state index in [4.69, 9.17) is 0 Å². The van der Waals surface area contributed by atoms with E-state index in [1.54, 1.807) is 0 Å². The quantitative estimate of drug-likeness (QED) is 0.139. The first-order valence-electron chi connectivity index (χ1n) is 21.0. The van der Waals surface area contributed by atoms with Crippen LogP contribution in [-0.4, -0.2) is 0 Å². The van der Waals surface area contributed by atoms with Crippen molar-refractivity contribution in [1.82, 2.24) is 0 Å². The van der Waals surface area contributed by atoms with Crippen LogP contribution in [0.5, 0.6) is 0 Å². The van der Waals surface area contributed by atoms with Gasteiger partial charge >= 0.3 is 0 Å². The van der Waals surface area contributed by atoms with E-state index in [1.807, 2.05) is 0 Å². The summed E-state index contributed by atoms with van der Waals surface area (Å²) in [5.74, 6) is 0. The van der Waals surface area contributed by atoms with E-state index in [-0.39, 0.29) is 0 Å². The van der Waals surface area contributed by atoms with Gasteiger partial charge in [0.1, 0.15) is 0 Å². The lowest BCUT2D eigenvalue weighted by Gasteiger charge is -2.27. The highest BCUT2D eigenvalue weighted by Gasteiger charge is 2.20. The number of hydrogen-bond donors (Lipinski definition) is 0. The Hall–Kier alpha value is -8.00. The Labute approximate surface area is 357 Å². The summed E-state index contributed by atoms with van der Waals surface area (Å²) in [6.45, 7) is 0. The van der Waals surface area contributed by atoms with Crippen LogP contribution in [0.3, 0.4) is 0 Å². The summed E-state index contributed by atoms with van der Waals surface area (Å²) in [7, 11) is 0. The van der Waals surface area contributed by atoms with Gasteiger partial charge in [-0.3, -0.25) is 0 Å². The molecule has 0 heterocycles. The van der Waals surface area contributed by atoms with Crippen molar-refractivity contribution < 1.29 is 0 Å². The van der Waals surface area contributed by atoms with E-state index in [9.17, 15) is 0 Å². The SMILES string of the molecule is c1ccc(-c2cc(-c3ccccc3)c(-c3cccc(N(c4ccc(-c5ccc6c(ccc7ccccc76)c5)cc4)c4ccc5ccccc5c4)c3)c(-c3ccccc3)c2)cc1. The molecular weight excluding hydrogens is 735 g/mol. The minimum Gasteiger partial charge on any atom is -0.310 e. The molecule has 0 saturated carbocycles. The molecule has 0 radical (unpaired) electrons. The lowest BCUT2D eigenvalue weighted by atomic mass is 9.84. The van der Waals surface area contributed by atoms with Gasteiger partial charge in [-0.2, -0.15) is 0 Å². The summed E-state index contributed by atoms with van der Waals surface area (Å²) in [6, 6.07) is 90.6. The Kier molecular flexibility index (Phi) is 9.26. The van der Waals surface area contributed by atoms with Crippen LogP contribution in [0.2, 0.25) is 0 Å². The first kappa shape index (κ1) is 36.1. The maximum Gasteiger partial charge on any atom is 0.0468 e. The van der Waals surface area contributed by atoms with Gasteiger partial charge in [-0.05, 0) is 143 Å². The molecule has 0 aliphatic rings. The molecule has 0 amide bonds. The molecule has 0 aliphatic carbocycles. The second kappa shape index (κ2) is 15.6. The summed E-state index contributed by atoms with van der Waals surface area (Å²) in [4.78, 5) is 2.40. The molecule has 286 valence electrons. The molecule has 1 nitrogen and oxygen atoms in total.